The monoisotopic (exact) mass is 156 g/mol. The molecule has 0 aromatic heterocycles. The first-order valence-corrected chi connectivity index (χ1v) is 3.24. The Bertz CT molecular complexity index is 210. The van der Waals surface area contributed by atoms with Crippen molar-refractivity contribution < 1.29 is 19.1 Å². The number of ether oxygens (including phenoxy) is 2. The highest BCUT2D eigenvalue weighted by Gasteiger charge is 2.24. The van der Waals surface area contributed by atoms with E-state index in [0.29, 0.717) is 6.61 Å². The van der Waals surface area contributed by atoms with Crippen LogP contribution in [0.1, 0.15) is 6.92 Å². The molecule has 1 fully saturated rings. The lowest BCUT2D eigenvalue weighted by Gasteiger charge is -1.98. The molecule has 4 nitrogen and oxygen atoms in total. The van der Waals surface area contributed by atoms with Crippen molar-refractivity contribution in [3.05, 3.63) is 5.57 Å². The molecule has 0 saturated carbocycles. The second kappa shape index (κ2) is 3.32. The predicted molar refractivity (Wildman–Crippen MR) is 35.6 cm³/mol. The van der Waals surface area contributed by atoms with Gasteiger partial charge in [-0.05, 0) is 6.92 Å². The molecule has 1 heterocycles. The molecule has 1 aliphatic heterocycles. The largest absolute Gasteiger partial charge is 0.459 e. The summed E-state index contributed by atoms with van der Waals surface area (Å²) in [5.74, 6) is 0.845. The van der Waals surface area contributed by atoms with Crippen LogP contribution >= 0.6 is 0 Å². The third kappa shape index (κ3) is 2.53. The average Bonchev–Trinajstić information content (AvgIpc) is 2.81. The molecular weight excluding hydrogens is 148 g/mol. The van der Waals surface area contributed by atoms with Gasteiger partial charge in [0.05, 0.1) is 6.61 Å². The topological polar surface area (TPSA) is 55.9 Å². The maximum atomic E-state index is 10.7. The fraction of sp³-hybridized carbons (Fsp3) is 0.571. The molecule has 0 spiro atoms. The first-order chi connectivity index (χ1) is 5.24. The fourth-order valence-electron chi connectivity index (χ4n) is 0.483. The van der Waals surface area contributed by atoms with E-state index in [0.717, 1.165) is 0 Å². The predicted octanol–water partition coefficient (Wildman–Crippen LogP) is -0.294. The molecule has 11 heavy (non-hydrogen) atoms. The van der Waals surface area contributed by atoms with Gasteiger partial charge in [0.1, 0.15) is 24.2 Å². The van der Waals surface area contributed by atoms with E-state index in [9.17, 15) is 9.59 Å². The molecule has 1 unspecified atom stereocenters. The summed E-state index contributed by atoms with van der Waals surface area (Å²) in [4.78, 5) is 20.6. The Morgan fingerprint density at radius 2 is 2.45 bits per heavy atom. The second-order valence-corrected chi connectivity index (χ2v) is 2.28. The van der Waals surface area contributed by atoms with Gasteiger partial charge in [-0.25, -0.2) is 9.59 Å². The number of rotatable bonds is 3. The van der Waals surface area contributed by atoms with Gasteiger partial charge in [0.25, 0.3) is 0 Å². The smallest absolute Gasteiger partial charge is 0.345 e. The SMILES string of the molecule is CC(=C=O)C(=O)OCC1CO1. The lowest BCUT2D eigenvalue weighted by Crippen LogP contribution is -2.10. The van der Waals surface area contributed by atoms with E-state index in [2.05, 4.69) is 4.74 Å². The highest BCUT2D eigenvalue weighted by molar-refractivity contribution is 5.95. The van der Waals surface area contributed by atoms with E-state index in [4.69, 9.17) is 4.74 Å². The van der Waals surface area contributed by atoms with Crippen molar-refractivity contribution in [2.24, 2.45) is 0 Å². The van der Waals surface area contributed by atoms with Crippen LogP contribution in [0.15, 0.2) is 5.57 Å². The van der Waals surface area contributed by atoms with Crippen LogP contribution in [-0.2, 0) is 19.1 Å². The van der Waals surface area contributed by atoms with Gasteiger partial charge in [-0.15, -0.1) is 0 Å². The molecule has 0 bridgehead atoms. The van der Waals surface area contributed by atoms with Crippen molar-refractivity contribution >= 4 is 11.9 Å². The van der Waals surface area contributed by atoms with E-state index in [1.165, 1.54) is 12.9 Å². The van der Waals surface area contributed by atoms with Crippen molar-refractivity contribution in [3.63, 3.8) is 0 Å². The Kier molecular flexibility index (Phi) is 2.41. The Hall–Kier alpha value is -1.12. The molecule has 0 aromatic rings. The zero-order valence-corrected chi connectivity index (χ0v) is 6.12. The highest BCUT2D eigenvalue weighted by Crippen LogP contribution is 2.09. The van der Waals surface area contributed by atoms with Crippen molar-refractivity contribution in [2.45, 2.75) is 13.0 Å². The van der Waals surface area contributed by atoms with Crippen LogP contribution in [-0.4, -0.2) is 31.2 Å². The Morgan fingerprint density at radius 1 is 1.82 bits per heavy atom. The molecule has 0 N–H and O–H groups in total. The summed E-state index contributed by atoms with van der Waals surface area (Å²) >= 11 is 0. The molecule has 60 valence electrons. The van der Waals surface area contributed by atoms with Crippen LogP contribution < -0.4 is 0 Å². The summed E-state index contributed by atoms with van der Waals surface area (Å²) < 4.78 is 9.44. The van der Waals surface area contributed by atoms with Gasteiger partial charge in [-0.3, -0.25) is 0 Å². The molecule has 4 heteroatoms. The van der Waals surface area contributed by atoms with Gasteiger partial charge in [-0.2, -0.15) is 0 Å². The number of hydrogen-bond donors (Lipinski definition) is 0. The number of esters is 1. The lowest BCUT2D eigenvalue weighted by atomic mass is 10.3. The molecule has 0 amide bonds. The molecule has 0 aliphatic carbocycles. The van der Waals surface area contributed by atoms with E-state index in [-0.39, 0.29) is 18.3 Å². The maximum absolute atomic E-state index is 10.7. The van der Waals surface area contributed by atoms with E-state index >= 15 is 0 Å². The quantitative estimate of drug-likeness (QED) is 0.244. The summed E-state index contributed by atoms with van der Waals surface area (Å²) in [5.41, 5.74) is -0.0364. The number of carbonyl (C=O) groups excluding carboxylic acids is 2. The molecule has 1 rings (SSSR count). The average molecular weight is 156 g/mol. The molecule has 1 saturated heterocycles. The maximum Gasteiger partial charge on any atom is 0.345 e. The fourth-order valence-corrected chi connectivity index (χ4v) is 0.483. The Morgan fingerprint density at radius 3 is 2.91 bits per heavy atom. The lowest BCUT2D eigenvalue weighted by molar-refractivity contribution is -0.139. The van der Waals surface area contributed by atoms with Crippen LogP contribution in [0.3, 0.4) is 0 Å². The molecule has 1 atom stereocenters. The zero-order chi connectivity index (χ0) is 8.27. The van der Waals surface area contributed by atoms with Crippen LogP contribution in [0.5, 0.6) is 0 Å². The van der Waals surface area contributed by atoms with Crippen molar-refractivity contribution in [3.8, 4) is 0 Å². The first kappa shape index (κ1) is 7.98. The van der Waals surface area contributed by atoms with Crippen LogP contribution in [0.25, 0.3) is 0 Å². The zero-order valence-electron chi connectivity index (χ0n) is 6.12. The van der Waals surface area contributed by atoms with Crippen LogP contribution in [0.2, 0.25) is 0 Å². The van der Waals surface area contributed by atoms with Gasteiger partial charge in [0.15, 0.2) is 0 Å². The molecule has 0 aromatic carbocycles. The minimum absolute atomic E-state index is 0.0364. The number of epoxide rings is 1. The summed E-state index contributed by atoms with van der Waals surface area (Å²) in [6, 6.07) is 0. The summed E-state index contributed by atoms with van der Waals surface area (Å²) in [6.07, 6.45) is 0.0402. The third-order valence-corrected chi connectivity index (χ3v) is 1.26. The van der Waals surface area contributed by atoms with Crippen molar-refractivity contribution in [1.82, 2.24) is 0 Å². The minimum Gasteiger partial charge on any atom is -0.459 e. The van der Waals surface area contributed by atoms with E-state index < -0.39 is 5.97 Å². The first-order valence-electron chi connectivity index (χ1n) is 3.24. The van der Waals surface area contributed by atoms with Gasteiger partial charge >= 0.3 is 5.97 Å². The summed E-state index contributed by atoms with van der Waals surface area (Å²) in [5, 5.41) is 0. The molecular formula is C7H8O4. The summed E-state index contributed by atoms with van der Waals surface area (Å²) in [7, 11) is 0. The minimum atomic E-state index is -0.615. The Labute approximate surface area is 63.8 Å². The standard InChI is InChI=1S/C7H8O4/c1-5(2-8)7(9)11-4-6-3-10-6/h6H,3-4H2,1H3. The van der Waals surface area contributed by atoms with Gasteiger partial charge in [0.2, 0.25) is 0 Å². The Balaban J connectivity index is 2.24. The number of carbonyl (C=O) groups is 1. The van der Waals surface area contributed by atoms with Gasteiger partial charge < -0.3 is 9.47 Å². The van der Waals surface area contributed by atoms with Crippen molar-refractivity contribution in [2.75, 3.05) is 13.2 Å². The second-order valence-electron chi connectivity index (χ2n) is 2.28. The van der Waals surface area contributed by atoms with Crippen LogP contribution in [0, 0.1) is 0 Å². The highest BCUT2D eigenvalue weighted by atomic mass is 16.6. The number of hydrogen-bond acceptors (Lipinski definition) is 4. The van der Waals surface area contributed by atoms with E-state index in [1.807, 2.05) is 0 Å². The van der Waals surface area contributed by atoms with Crippen LogP contribution in [0.4, 0.5) is 0 Å². The van der Waals surface area contributed by atoms with Crippen molar-refractivity contribution in [1.29, 1.82) is 0 Å². The molecule has 1 aliphatic rings. The van der Waals surface area contributed by atoms with Gasteiger partial charge in [-0.1, -0.05) is 0 Å². The third-order valence-electron chi connectivity index (χ3n) is 1.26. The normalized spacial score (nSPS) is 20.3. The molecule has 0 radical (unpaired) electrons. The van der Waals surface area contributed by atoms with E-state index in [1.54, 1.807) is 0 Å². The van der Waals surface area contributed by atoms with Gasteiger partial charge in [0, 0.05) is 0 Å². The summed E-state index contributed by atoms with van der Waals surface area (Å²) in [6.45, 7) is 2.23.